The molecule has 1 amide bonds. The van der Waals surface area contributed by atoms with Gasteiger partial charge in [-0.25, -0.2) is 4.98 Å². The standard InChI is InChI=1S/C23H18N4O3/c1-13(28)10-17-21(16-6-2-4-14-5-3-9-24-20(14)16)27(23(30)22(17)29)15-7-8-18-19(11-15)26-12-25-18/h2-9,11-12,21,28-29H,1,10H2,(H,25,26). The number of aromatic amines is 1. The molecule has 5 rings (SSSR count). The molecule has 148 valence electrons. The van der Waals surface area contributed by atoms with Crippen LogP contribution in [0.2, 0.25) is 0 Å². The fraction of sp³-hybridized carbons (Fsp3) is 0.0870. The van der Waals surface area contributed by atoms with E-state index in [0.717, 1.165) is 27.5 Å². The Kier molecular flexibility index (Phi) is 4.03. The van der Waals surface area contributed by atoms with Crippen LogP contribution in [0.5, 0.6) is 0 Å². The molecular formula is C23H18N4O3. The molecule has 1 unspecified atom stereocenters. The molecule has 1 aliphatic rings. The van der Waals surface area contributed by atoms with Crippen LogP contribution in [0.1, 0.15) is 18.0 Å². The number of amides is 1. The largest absolute Gasteiger partial charge is 0.513 e. The predicted molar refractivity (Wildman–Crippen MR) is 114 cm³/mol. The number of anilines is 1. The summed E-state index contributed by atoms with van der Waals surface area (Å²) in [5.41, 5.74) is 4.01. The monoisotopic (exact) mass is 398 g/mol. The average Bonchev–Trinajstić information content (AvgIpc) is 3.31. The fourth-order valence-corrected chi connectivity index (χ4v) is 4.07. The Balaban J connectivity index is 1.74. The quantitative estimate of drug-likeness (QED) is 0.440. The highest BCUT2D eigenvalue weighted by atomic mass is 16.3. The van der Waals surface area contributed by atoms with E-state index in [1.165, 1.54) is 4.90 Å². The summed E-state index contributed by atoms with van der Waals surface area (Å²) in [6.45, 7) is 3.55. The fourth-order valence-electron chi connectivity index (χ4n) is 4.07. The van der Waals surface area contributed by atoms with Crippen molar-refractivity contribution in [3.05, 3.63) is 90.3 Å². The summed E-state index contributed by atoms with van der Waals surface area (Å²) in [7, 11) is 0. The Morgan fingerprint density at radius 3 is 2.83 bits per heavy atom. The van der Waals surface area contributed by atoms with Crippen molar-refractivity contribution in [3.63, 3.8) is 0 Å². The third kappa shape index (κ3) is 2.71. The summed E-state index contributed by atoms with van der Waals surface area (Å²) in [5, 5.41) is 21.5. The molecule has 4 aromatic rings. The van der Waals surface area contributed by atoms with Crippen molar-refractivity contribution >= 4 is 33.5 Å². The van der Waals surface area contributed by atoms with E-state index in [-0.39, 0.29) is 17.9 Å². The summed E-state index contributed by atoms with van der Waals surface area (Å²) >= 11 is 0. The summed E-state index contributed by atoms with van der Waals surface area (Å²) in [4.78, 5) is 26.5. The van der Waals surface area contributed by atoms with Crippen LogP contribution in [0, 0.1) is 0 Å². The molecule has 3 N–H and O–H groups in total. The second-order valence-electron chi connectivity index (χ2n) is 7.22. The van der Waals surface area contributed by atoms with Crippen LogP contribution < -0.4 is 4.90 Å². The van der Waals surface area contributed by atoms with Crippen LogP contribution in [-0.4, -0.2) is 31.1 Å². The van der Waals surface area contributed by atoms with Crippen molar-refractivity contribution in [3.8, 4) is 0 Å². The van der Waals surface area contributed by atoms with Gasteiger partial charge < -0.3 is 15.2 Å². The number of allylic oxidation sites excluding steroid dienone is 1. The van der Waals surface area contributed by atoms with E-state index in [0.29, 0.717) is 11.3 Å². The molecule has 0 aliphatic carbocycles. The summed E-state index contributed by atoms with van der Waals surface area (Å²) < 4.78 is 0. The minimum absolute atomic E-state index is 0.0196. The van der Waals surface area contributed by atoms with Crippen molar-refractivity contribution in [2.24, 2.45) is 0 Å². The first kappa shape index (κ1) is 17.9. The molecule has 0 saturated carbocycles. The molecule has 3 heterocycles. The lowest BCUT2D eigenvalue weighted by Gasteiger charge is -2.28. The van der Waals surface area contributed by atoms with Crippen LogP contribution >= 0.6 is 0 Å². The first-order valence-corrected chi connectivity index (χ1v) is 9.43. The van der Waals surface area contributed by atoms with E-state index in [9.17, 15) is 15.0 Å². The lowest BCUT2D eigenvalue weighted by atomic mass is 9.94. The van der Waals surface area contributed by atoms with Gasteiger partial charge in [-0.15, -0.1) is 0 Å². The number of aliphatic hydroxyl groups excluding tert-OH is 2. The van der Waals surface area contributed by atoms with Gasteiger partial charge >= 0.3 is 0 Å². The molecule has 2 aromatic heterocycles. The number of para-hydroxylation sites is 1. The normalized spacial score (nSPS) is 16.7. The van der Waals surface area contributed by atoms with Gasteiger partial charge in [-0.2, -0.15) is 0 Å². The number of carbonyl (C=O) groups excluding carboxylic acids is 1. The molecule has 0 spiro atoms. The molecule has 2 aromatic carbocycles. The SMILES string of the molecule is C=C(O)CC1=C(O)C(=O)N(c2ccc3nc[nH]c3c2)C1c1cccc2cccnc12. The number of nitrogens with zero attached hydrogens (tertiary/aromatic N) is 3. The van der Waals surface area contributed by atoms with Crippen molar-refractivity contribution in [1.29, 1.82) is 0 Å². The van der Waals surface area contributed by atoms with Crippen LogP contribution in [-0.2, 0) is 4.79 Å². The number of imidazole rings is 1. The highest BCUT2D eigenvalue weighted by Crippen LogP contribution is 2.44. The highest BCUT2D eigenvalue weighted by molar-refractivity contribution is 6.10. The third-order valence-electron chi connectivity index (χ3n) is 5.35. The second kappa shape index (κ2) is 6.73. The second-order valence-corrected chi connectivity index (χ2v) is 7.22. The molecular weight excluding hydrogens is 380 g/mol. The molecule has 0 fully saturated rings. The number of carbonyl (C=O) groups is 1. The molecule has 7 nitrogen and oxygen atoms in total. The minimum Gasteiger partial charge on any atom is -0.513 e. The van der Waals surface area contributed by atoms with Crippen LogP contribution in [0.15, 0.2) is 84.7 Å². The number of aromatic nitrogens is 3. The maximum atomic E-state index is 13.2. The van der Waals surface area contributed by atoms with E-state index in [1.807, 2.05) is 42.5 Å². The molecule has 0 bridgehead atoms. The van der Waals surface area contributed by atoms with E-state index in [1.54, 1.807) is 18.6 Å². The van der Waals surface area contributed by atoms with Gasteiger partial charge in [-0.3, -0.25) is 14.7 Å². The average molecular weight is 398 g/mol. The number of fused-ring (bicyclic) bond motifs is 2. The molecule has 1 atom stereocenters. The first-order chi connectivity index (χ1) is 14.5. The predicted octanol–water partition coefficient (Wildman–Crippen LogP) is 4.47. The molecule has 1 aliphatic heterocycles. The minimum atomic E-state index is -0.639. The topological polar surface area (TPSA) is 102 Å². The first-order valence-electron chi connectivity index (χ1n) is 9.43. The van der Waals surface area contributed by atoms with Gasteiger partial charge in [0.15, 0.2) is 5.76 Å². The number of aliphatic hydroxyl groups is 2. The van der Waals surface area contributed by atoms with Gasteiger partial charge in [-0.1, -0.05) is 30.8 Å². The smallest absolute Gasteiger partial charge is 0.293 e. The number of hydrogen-bond acceptors (Lipinski definition) is 5. The van der Waals surface area contributed by atoms with Crippen molar-refractivity contribution < 1.29 is 15.0 Å². The molecule has 0 saturated heterocycles. The van der Waals surface area contributed by atoms with E-state index in [4.69, 9.17) is 0 Å². The zero-order valence-corrected chi connectivity index (χ0v) is 15.9. The van der Waals surface area contributed by atoms with E-state index < -0.39 is 11.9 Å². The zero-order valence-electron chi connectivity index (χ0n) is 15.9. The number of benzene rings is 2. The Labute approximate surface area is 171 Å². The zero-order chi connectivity index (χ0) is 20.8. The number of H-pyrrole nitrogens is 1. The third-order valence-corrected chi connectivity index (χ3v) is 5.35. The van der Waals surface area contributed by atoms with Gasteiger partial charge in [0, 0.05) is 34.8 Å². The summed E-state index contributed by atoms with van der Waals surface area (Å²) in [5.74, 6) is -1.05. The maximum absolute atomic E-state index is 13.2. The van der Waals surface area contributed by atoms with Crippen molar-refractivity contribution in [1.82, 2.24) is 15.0 Å². The Morgan fingerprint density at radius 2 is 2.00 bits per heavy atom. The molecule has 0 radical (unpaired) electrons. The van der Waals surface area contributed by atoms with Gasteiger partial charge in [0.2, 0.25) is 0 Å². The van der Waals surface area contributed by atoms with Crippen LogP contribution in [0.25, 0.3) is 21.9 Å². The Bertz CT molecular complexity index is 1350. The van der Waals surface area contributed by atoms with Gasteiger partial charge in [0.05, 0.1) is 34.7 Å². The summed E-state index contributed by atoms with van der Waals surface area (Å²) in [6, 6.07) is 14.3. The van der Waals surface area contributed by atoms with Gasteiger partial charge in [-0.05, 0) is 24.3 Å². The molecule has 30 heavy (non-hydrogen) atoms. The van der Waals surface area contributed by atoms with E-state index >= 15 is 0 Å². The lowest BCUT2D eigenvalue weighted by molar-refractivity contribution is -0.117. The molecule has 7 heteroatoms. The van der Waals surface area contributed by atoms with E-state index in [2.05, 4.69) is 21.5 Å². The van der Waals surface area contributed by atoms with Gasteiger partial charge in [0.25, 0.3) is 5.91 Å². The number of pyridine rings is 1. The number of hydrogen-bond donors (Lipinski definition) is 3. The maximum Gasteiger partial charge on any atom is 0.293 e. The Morgan fingerprint density at radius 1 is 1.17 bits per heavy atom. The highest BCUT2D eigenvalue weighted by Gasteiger charge is 2.42. The van der Waals surface area contributed by atoms with Crippen molar-refractivity contribution in [2.75, 3.05) is 4.90 Å². The van der Waals surface area contributed by atoms with Crippen LogP contribution in [0.3, 0.4) is 0 Å². The number of rotatable bonds is 4. The number of nitrogens with one attached hydrogen (secondary N) is 1. The summed E-state index contributed by atoms with van der Waals surface area (Å²) in [6.07, 6.45) is 3.26. The van der Waals surface area contributed by atoms with Gasteiger partial charge in [0.1, 0.15) is 0 Å². The Hall–Kier alpha value is -4.13. The lowest BCUT2D eigenvalue weighted by Crippen LogP contribution is -2.30. The van der Waals surface area contributed by atoms with Crippen molar-refractivity contribution in [2.45, 2.75) is 12.5 Å². The van der Waals surface area contributed by atoms with Crippen LogP contribution in [0.4, 0.5) is 5.69 Å².